The molecule has 0 radical (unpaired) electrons. The molecule has 3 aromatic rings. The molecule has 7 nitrogen and oxygen atoms in total. The third kappa shape index (κ3) is 6.30. The Labute approximate surface area is 233 Å². The highest BCUT2D eigenvalue weighted by Gasteiger charge is 2.37. The number of unbranched alkanes of at least 4 members (excludes halogenated alkanes) is 1. The van der Waals surface area contributed by atoms with Gasteiger partial charge in [-0.1, -0.05) is 67.9 Å². The largest absolute Gasteiger partial charge is 0.493 e. The lowest BCUT2D eigenvalue weighted by Gasteiger charge is -2.30. The molecule has 2 heterocycles. The third-order valence-corrected chi connectivity index (χ3v) is 8.05. The molecule has 1 unspecified atom stereocenters. The number of rotatable bonds is 10. The van der Waals surface area contributed by atoms with E-state index < -0.39 is 6.04 Å². The molecule has 1 fully saturated rings. The highest BCUT2D eigenvalue weighted by atomic mass is 32.2. The molecular weight excluding hydrogens is 515 g/mol. The summed E-state index contributed by atoms with van der Waals surface area (Å²) in [6.45, 7) is 4.57. The minimum absolute atomic E-state index is 0.0766. The van der Waals surface area contributed by atoms with Crippen molar-refractivity contribution in [2.24, 2.45) is 0 Å². The Hall–Kier alpha value is -3.33. The van der Waals surface area contributed by atoms with Gasteiger partial charge in [0.1, 0.15) is 23.7 Å². The van der Waals surface area contributed by atoms with Crippen LogP contribution in [0.25, 0.3) is 0 Å². The molecule has 0 amide bonds. The van der Waals surface area contributed by atoms with E-state index in [0.717, 1.165) is 44.1 Å². The lowest BCUT2D eigenvalue weighted by molar-refractivity contribution is -0.146. The predicted octanol–water partition coefficient (Wildman–Crippen LogP) is 7.05. The number of hydrogen-bond donors (Lipinski definition) is 1. The zero-order valence-corrected chi connectivity index (χ0v) is 23.3. The van der Waals surface area contributed by atoms with Crippen LogP contribution in [0.5, 0.6) is 5.75 Å². The quantitative estimate of drug-likeness (QED) is 0.165. The minimum atomic E-state index is -0.578. The first kappa shape index (κ1) is 27.2. The number of aromatic nitrogens is 3. The van der Waals surface area contributed by atoms with Crippen LogP contribution in [-0.2, 0) is 15.3 Å². The van der Waals surface area contributed by atoms with Crippen LogP contribution in [0.1, 0.15) is 76.0 Å². The first-order chi connectivity index (χ1) is 19.0. The van der Waals surface area contributed by atoms with Gasteiger partial charge in [-0.05, 0) is 56.7 Å². The molecule has 5 rings (SSSR count). The summed E-state index contributed by atoms with van der Waals surface area (Å²) in [4.78, 5) is 18.4. The number of carbonyl (C=O) groups excluding carboxylic acids is 1. The van der Waals surface area contributed by atoms with Crippen LogP contribution in [0, 0.1) is 5.82 Å². The minimum Gasteiger partial charge on any atom is -0.493 e. The monoisotopic (exact) mass is 550 g/mol. The van der Waals surface area contributed by atoms with Crippen molar-refractivity contribution in [2.75, 3.05) is 11.9 Å². The smallest absolute Gasteiger partial charge is 0.338 e. The second kappa shape index (κ2) is 12.7. The maximum absolute atomic E-state index is 14.2. The SMILES string of the molecule is CCCCOc1ccccc1C1C(C(=O)OC2CCCCC2)=C(C)Nc2nc(SCc3ccccc3F)nn21. The van der Waals surface area contributed by atoms with Gasteiger partial charge in [0.2, 0.25) is 11.1 Å². The molecule has 1 aliphatic carbocycles. The van der Waals surface area contributed by atoms with Crippen LogP contribution in [0.3, 0.4) is 0 Å². The van der Waals surface area contributed by atoms with Gasteiger partial charge in [-0.3, -0.25) is 0 Å². The van der Waals surface area contributed by atoms with E-state index in [1.807, 2.05) is 37.3 Å². The average molecular weight is 551 g/mol. The summed E-state index contributed by atoms with van der Waals surface area (Å²) in [5.41, 5.74) is 2.58. The third-order valence-electron chi connectivity index (χ3n) is 7.16. The maximum Gasteiger partial charge on any atom is 0.338 e. The lowest BCUT2D eigenvalue weighted by atomic mass is 9.94. The van der Waals surface area contributed by atoms with Gasteiger partial charge >= 0.3 is 5.97 Å². The van der Waals surface area contributed by atoms with E-state index >= 15 is 0 Å². The standard InChI is InChI=1S/C30H35FN4O3S/c1-3-4-18-37-25-17-11-9-15-23(25)27-26(28(36)38-22-13-6-5-7-14-22)20(2)32-29-33-30(34-35(27)29)39-19-21-12-8-10-16-24(21)31/h8-12,15-17,22,27H,3-7,13-14,18-19H2,1-2H3,(H,32,33,34). The van der Waals surface area contributed by atoms with Gasteiger partial charge in [0.25, 0.3) is 0 Å². The van der Waals surface area contributed by atoms with E-state index in [1.165, 1.54) is 24.2 Å². The summed E-state index contributed by atoms with van der Waals surface area (Å²) in [6.07, 6.45) is 6.96. The average Bonchev–Trinajstić information content (AvgIpc) is 3.35. The van der Waals surface area contributed by atoms with Gasteiger partial charge in [-0.2, -0.15) is 4.98 Å². The van der Waals surface area contributed by atoms with Crippen LogP contribution in [-0.4, -0.2) is 33.4 Å². The van der Waals surface area contributed by atoms with Crippen LogP contribution in [0.15, 0.2) is 65.0 Å². The Bertz CT molecular complexity index is 1340. The molecule has 2 aromatic carbocycles. The zero-order valence-electron chi connectivity index (χ0n) is 22.5. The van der Waals surface area contributed by atoms with Gasteiger partial charge < -0.3 is 14.8 Å². The number of carbonyl (C=O) groups is 1. The van der Waals surface area contributed by atoms with Crippen LogP contribution >= 0.6 is 11.8 Å². The molecule has 1 atom stereocenters. The Morgan fingerprint density at radius 1 is 1.13 bits per heavy atom. The van der Waals surface area contributed by atoms with Crippen molar-refractivity contribution in [3.8, 4) is 5.75 Å². The normalized spacial score (nSPS) is 17.5. The number of ether oxygens (including phenoxy) is 2. The summed E-state index contributed by atoms with van der Waals surface area (Å²) in [5, 5.41) is 8.55. The fourth-order valence-electron chi connectivity index (χ4n) is 5.06. The number of halogens is 1. The number of allylic oxidation sites excluding steroid dienone is 1. The molecule has 0 saturated heterocycles. The van der Waals surface area contributed by atoms with Crippen molar-refractivity contribution in [1.82, 2.24) is 14.8 Å². The number of anilines is 1. The number of nitrogens with zero attached hydrogens (tertiary/aromatic N) is 3. The Morgan fingerprint density at radius 2 is 1.90 bits per heavy atom. The number of para-hydroxylation sites is 1. The van der Waals surface area contributed by atoms with Crippen molar-refractivity contribution < 1.29 is 18.7 Å². The van der Waals surface area contributed by atoms with Gasteiger partial charge in [-0.25, -0.2) is 13.9 Å². The first-order valence-electron chi connectivity index (χ1n) is 13.8. The summed E-state index contributed by atoms with van der Waals surface area (Å²) in [5.74, 6) is 1.01. The van der Waals surface area contributed by atoms with E-state index in [4.69, 9.17) is 19.6 Å². The maximum atomic E-state index is 14.2. The van der Waals surface area contributed by atoms with Gasteiger partial charge in [0.05, 0.1) is 12.2 Å². The van der Waals surface area contributed by atoms with Crippen molar-refractivity contribution in [3.05, 3.63) is 76.7 Å². The molecule has 1 N–H and O–H groups in total. The molecule has 1 saturated carbocycles. The number of thioether (sulfide) groups is 1. The summed E-state index contributed by atoms with van der Waals surface area (Å²) in [7, 11) is 0. The van der Waals surface area contributed by atoms with Crippen LogP contribution < -0.4 is 10.1 Å². The molecule has 2 aliphatic rings. The topological polar surface area (TPSA) is 78.3 Å². The molecule has 0 bridgehead atoms. The van der Waals surface area contributed by atoms with E-state index in [9.17, 15) is 9.18 Å². The van der Waals surface area contributed by atoms with Crippen LogP contribution in [0.4, 0.5) is 10.3 Å². The van der Waals surface area contributed by atoms with Crippen molar-refractivity contribution in [3.63, 3.8) is 0 Å². The second-order valence-electron chi connectivity index (χ2n) is 10.0. The van der Waals surface area contributed by atoms with E-state index in [2.05, 4.69) is 12.2 Å². The Balaban J connectivity index is 1.49. The number of nitrogens with one attached hydrogen (secondary N) is 1. The summed E-state index contributed by atoms with van der Waals surface area (Å²) < 4.78 is 28.2. The van der Waals surface area contributed by atoms with Crippen molar-refractivity contribution in [1.29, 1.82) is 0 Å². The van der Waals surface area contributed by atoms with Crippen molar-refractivity contribution in [2.45, 2.75) is 81.8 Å². The van der Waals surface area contributed by atoms with Crippen LogP contribution in [0.2, 0.25) is 0 Å². The van der Waals surface area contributed by atoms with Gasteiger partial charge in [0.15, 0.2) is 0 Å². The van der Waals surface area contributed by atoms with Crippen molar-refractivity contribution >= 4 is 23.7 Å². The molecule has 0 spiro atoms. The van der Waals surface area contributed by atoms with E-state index in [1.54, 1.807) is 16.8 Å². The lowest BCUT2D eigenvalue weighted by Crippen LogP contribution is -2.32. The van der Waals surface area contributed by atoms with E-state index in [0.29, 0.717) is 46.0 Å². The number of fused-ring (bicyclic) bond motifs is 1. The number of esters is 1. The first-order valence-corrected chi connectivity index (χ1v) is 14.8. The number of benzene rings is 2. The Morgan fingerprint density at radius 3 is 2.69 bits per heavy atom. The molecule has 39 heavy (non-hydrogen) atoms. The highest BCUT2D eigenvalue weighted by molar-refractivity contribution is 7.98. The Kier molecular flexibility index (Phi) is 8.86. The fraction of sp³-hybridized carbons (Fsp3) is 0.433. The van der Waals surface area contributed by atoms with Gasteiger partial charge in [-0.15, -0.1) is 5.10 Å². The summed E-state index contributed by atoms with van der Waals surface area (Å²) >= 11 is 1.35. The molecule has 1 aliphatic heterocycles. The van der Waals surface area contributed by atoms with E-state index in [-0.39, 0.29) is 17.9 Å². The fourth-order valence-corrected chi connectivity index (χ4v) is 5.88. The molecule has 206 valence electrons. The highest BCUT2D eigenvalue weighted by Crippen LogP contribution is 2.41. The number of hydrogen-bond acceptors (Lipinski definition) is 7. The summed E-state index contributed by atoms with van der Waals surface area (Å²) in [6, 6.07) is 13.9. The predicted molar refractivity (Wildman–Crippen MR) is 150 cm³/mol. The molecular formula is C30H35FN4O3S. The van der Waals surface area contributed by atoms with Gasteiger partial charge in [0, 0.05) is 17.0 Å². The molecule has 9 heteroatoms. The second-order valence-corrected chi connectivity index (χ2v) is 11.0. The molecule has 1 aromatic heterocycles. The zero-order chi connectivity index (χ0) is 27.2.